The molecular formula is C11H20O2. The van der Waals surface area contributed by atoms with E-state index in [-0.39, 0.29) is 16.8 Å². The van der Waals surface area contributed by atoms with E-state index in [1.807, 2.05) is 26.8 Å². The van der Waals surface area contributed by atoms with Crippen molar-refractivity contribution in [1.82, 2.24) is 0 Å². The molecule has 1 unspecified atom stereocenters. The highest BCUT2D eigenvalue weighted by Gasteiger charge is 2.48. The largest absolute Gasteiger partial charge is 0.369 e. The minimum atomic E-state index is -0.348. The Morgan fingerprint density at radius 2 is 1.62 bits per heavy atom. The van der Waals surface area contributed by atoms with Crippen LogP contribution in [0.3, 0.4) is 0 Å². The Morgan fingerprint density at radius 1 is 1.08 bits per heavy atom. The molecule has 1 aliphatic rings. The molecule has 0 aromatic carbocycles. The quantitative estimate of drug-likeness (QED) is 0.583. The lowest BCUT2D eigenvalue weighted by molar-refractivity contribution is -0.283. The van der Waals surface area contributed by atoms with Crippen LogP contribution in [0.1, 0.15) is 34.6 Å². The lowest BCUT2D eigenvalue weighted by atomic mass is 9.86. The van der Waals surface area contributed by atoms with Gasteiger partial charge in [0.05, 0.1) is 17.8 Å². The molecule has 1 saturated heterocycles. The van der Waals surface area contributed by atoms with Gasteiger partial charge < -0.3 is 9.47 Å². The number of rotatable bonds is 1. The summed E-state index contributed by atoms with van der Waals surface area (Å²) in [6.07, 6.45) is 1.81. The topological polar surface area (TPSA) is 18.5 Å². The van der Waals surface area contributed by atoms with Crippen LogP contribution in [0.5, 0.6) is 0 Å². The van der Waals surface area contributed by atoms with Crippen molar-refractivity contribution < 1.29 is 9.47 Å². The fourth-order valence-electron chi connectivity index (χ4n) is 1.33. The van der Waals surface area contributed by atoms with Crippen molar-refractivity contribution in [2.45, 2.75) is 51.4 Å². The van der Waals surface area contributed by atoms with Crippen molar-refractivity contribution in [2.75, 3.05) is 6.61 Å². The minimum Gasteiger partial charge on any atom is -0.369 e. The van der Waals surface area contributed by atoms with Gasteiger partial charge in [-0.1, -0.05) is 6.08 Å². The summed E-state index contributed by atoms with van der Waals surface area (Å²) in [4.78, 5) is 0. The Labute approximate surface area is 80.9 Å². The van der Waals surface area contributed by atoms with E-state index in [9.17, 15) is 0 Å². The average Bonchev–Trinajstić information content (AvgIpc) is 1.98. The van der Waals surface area contributed by atoms with Gasteiger partial charge in [0.25, 0.3) is 0 Å². The highest BCUT2D eigenvalue weighted by atomic mass is 16.6. The molecule has 0 radical (unpaired) electrons. The van der Waals surface area contributed by atoms with Crippen molar-refractivity contribution in [1.29, 1.82) is 0 Å². The van der Waals surface area contributed by atoms with Gasteiger partial charge in [-0.05, 0) is 34.6 Å². The first kappa shape index (κ1) is 10.7. The summed E-state index contributed by atoms with van der Waals surface area (Å²) in [5.74, 6) is 0. The third-order valence-corrected chi connectivity index (χ3v) is 3.09. The highest BCUT2D eigenvalue weighted by Crippen LogP contribution is 2.38. The predicted molar refractivity (Wildman–Crippen MR) is 53.8 cm³/mol. The lowest BCUT2D eigenvalue weighted by Crippen LogP contribution is -2.60. The molecule has 76 valence electrons. The van der Waals surface area contributed by atoms with Gasteiger partial charge in [0.15, 0.2) is 0 Å². The van der Waals surface area contributed by atoms with Gasteiger partial charge in [0.1, 0.15) is 5.60 Å². The van der Waals surface area contributed by atoms with Crippen molar-refractivity contribution >= 4 is 0 Å². The second-order valence-corrected chi connectivity index (χ2v) is 4.93. The summed E-state index contributed by atoms with van der Waals surface area (Å²) < 4.78 is 11.8. The molecule has 0 aromatic rings. The van der Waals surface area contributed by atoms with Crippen LogP contribution in [-0.2, 0) is 9.47 Å². The molecule has 0 N–H and O–H groups in total. The van der Waals surface area contributed by atoms with Crippen LogP contribution >= 0.6 is 0 Å². The molecule has 0 spiro atoms. The Balaban J connectivity index is 2.88. The van der Waals surface area contributed by atoms with Gasteiger partial charge in [-0.2, -0.15) is 0 Å². The van der Waals surface area contributed by atoms with Crippen LogP contribution in [0.15, 0.2) is 12.7 Å². The van der Waals surface area contributed by atoms with Crippen LogP contribution in [0, 0.1) is 0 Å². The number of hydrogen-bond acceptors (Lipinski definition) is 2. The van der Waals surface area contributed by atoms with Gasteiger partial charge in [-0.25, -0.2) is 0 Å². The average molecular weight is 184 g/mol. The summed E-state index contributed by atoms with van der Waals surface area (Å²) >= 11 is 0. The number of ether oxygens (including phenoxy) is 2. The molecule has 13 heavy (non-hydrogen) atoms. The van der Waals surface area contributed by atoms with Crippen molar-refractivity contribution in [3.8, 4) is 0 Å². The first-order chi connectivity index (χ1) is 5.72. The van der Waals surface area contributed by atoms with Crippen molar-refractivity contribution in [2.24, 2.45) is 0 Å². The second kappa shape index (κ2) is 2.82. The first-order valence-electron chi connectivity index (χ1n) is 4.70. The van der Waals surface area contributed by atoms with Crippen LogP contribution in [0.25, 0.3) is 0 Å². The third kappa shape index (κ3) is 1.79. The minimum absolute atomic E-state index is 0.241. The molecular weight excluding hydrogens is 164 g/mol. The van der Waals surface area contributed by atoms with E-state index in [4.69, 9.17) is 9.47 Å². The Bertz CT molecular complexity index is 218. The van der Waals surface area contributed by atoms with Crippen LogP contribution in [0.2, 0.25) is 0 Å². The van der Waals surface area contributed by atoms with Gasteiger partial charge in [0.2, 0.25) is 0 Å². The normalized spacial score (nSPS) is 37.0. The number of hydrogen-bond donors (Lipinski definition) is 0. The van der Waals surface area contributed by atoms with E-state index < -0.39 is 0 Å². The molecule has 1 atom stereocenters. The van der Waals surface area contributed by atoms with Crippen LogP contribution < -0.4 is 0 Å². The Kier molecular flexibility index (Phi) is 2.33. The molecule has 2 nitrogen and oxygen atoms in total. The van der Waals surface area contributed by atoms with E-state index in [0.29, 0.717) is 6.61 Å². The smallest absolute Gasteiger partial charge is 0.107 e. The maximum absolute atomic E-state index is 5.98. The van der Waals surface area contributed by atoms with E-state index in [1.54, 1.807) is 0 Å². The van der Waals surface area contributed by atoms with Crippen molar-refractivity contribution in [3.63, 3.8) is 0 Å². The second-order valence-electron chi connectivity index (χ2n) is 4.93. The van der Waals surface area contributed by atoms with Gasteiger partial charge in [0, 0.05) is 0 Å². The fourth-order valence-corrected chi connectivity index (χ4v) is 1.33. The van der Waals surface area contributed by atoms with Crippen LogP contribution in [0.4, 0.5) is 0 Å². The molecule has 0 amide bonds. The predicted octanol–water partition coefficient (Wildman–Crippen LogP) is 2.54. The highest BCUT2D eigenvalue weighted by molar-refractivity contribution is 5.04. The van der Waals surface area contributed by atoms with Crippen molar-refractivity contribution in [3.05, 3.63) is 12.7 Å². The zero-order valence-electron chi connectivity index (χ0n) is 9.31. The molecule has 0 aliphatic carbocycles. The molecule has 1 aliphatic heterocycles. The van der Waals surface area contributed by atoms with Gasteiger partial charge in [-0.15, -0.1) is 6.58 Å². The van der Waals surface area contributed by atoms with E-state index in [1.165, 1.54) is 0 Å². The molecule has 0 saturated carbocycles. The third-order valence-electron chi connectivity index (χ3n) is 3.09. The summed E-state index contributed by atoms with van der Waals surface area (Å²) in [5.41, 5.74) is -0.872. The summed E-state index contributed by atoms with van der Waals surface area (Å²) in [6.45, 7) is 14.5. The zero-order valence-corrected chi connectivity index (χ0v) is 9.31. The maximum atomic E-state index is 5.98. The molecule has 0 bridgehead atoms. The molecule has 1 fully saturated rings. The fraction of sp³-hybridized carbons (Fsp3) is 0.818. The van der Waals surface area contributed by atoms with E-state index in [0.717, 1.165) is 0 Å². The van der Waals surface area contributed by atoms with E-state index >= 15 is 0 Å². The van der Waals surface area contributed by atoms with Gasteiger partial charge in [-0.3, -0.25) is 0 Å². The Hall–Kier alpha value is -0.340. The maximum Gasteiger partial charge on any atom is 0.107 e. The Morgan fingerprint density at radius 3 is 2.00 bits per heavy atom. The summed E-state index contributed by atoms with van der Waals surface area (Å²) in [6, 6.07) is 0. The summed E-state index contributed by atoms with van der Waals surface area (Å²) in [7, 11) is 0. The lowest BCUT2D eigenvalue weighted by Gasteiger charge is -2.51. The zero-order chi connectivity index (χ0) is 10.3. The SMILES string of the molecule is C=CC1(C)COC(C)(C)C(C)(C)O1. The molecule has 1 rings (SSSR count). The molecule has 1 heterocycles. The van der Waals surface area contributed by atoms with E-state index in [2.05, 4.69) is 20.4 Å². The van der Waals surface area contributed by atoms with Gasteiger partial charge >= 0.3 is 0 Å². The van der Waals surface area contributed by atoms with Crippen LogP contribution in [-0.4, -0.2) is 23.4 Å². The standard InChI is InChI=1S/C11H20O2/c1-7-11(6)8-12-9(2,3)10(4,5)13-11/h7H,1,8H2,2-6H3. The molecule has 2 heteroatoms. The molecule has 0 aromatic heterocycles. The first-order valence-corrected chi connectivity index (χ1v) is 4.70. The summed E-state index contributed by atoms with van der Waals surface area (Å²) in [5, 5.41) is 0. The monoisotopic (exact) mass is 184 g/mol.